The summed E-state index contributed by atoms with van der Waals surface area (Å²) in [6.07, 6.45) is -9.53. The van der Waals surface area contributed by atoms with Crippen molar-refractivity contribution in [3.63, 3.8) is 0 Å². The van der Waals surface area contributed by atoms with Crippen molar-refractivity contribution in [3.05, 3.63) is 23.4 Å². The number of nitrogens with two attached hydrogens (primary N) is 1. The number of nitrogens with zero attached hydrogens (tertiary/aromatic N) is 1. The first-order chi connectivity index (χ1) is 9.76. The Hall–Kier alpha value is -2.33. The zero-order valence-electron chi connectivity index (χ0n) is 11.2. The first-order valence-electron chi connectivity index (χ1n) is 5.34. The van der Waals surface area contributed by atoms with E-state index in [1.807, 2.05) is 19.9 Å². The lowest BCUT2D eigenvalue weighted by atomic mass is 10.2. The second-order valence-corrected chi connectivity index (χ2v) is 3.81. The fourth-order valence-electron chi connectivity index (χ4n) is 0.853. The van der Waals surface area contributed by atoms with Gasteiger partial charge in [0, 0.05) is 6.20 Å². The van der Waals surface area contributed by atoms with Crippen molar-refractivity contribution < 1.29 is 40.7 Å². The van der Waals surface area contributed by atoms with Crippen LogP contribution in [0.4, 0.5) is 32.2 Å². The predicted octanol–water partition coefficient (Wildman–Crippen LogP) is 2.46. The van der Waals surface area contributed by atoms with Crippen molar-refractivity contribution in [3.8, 4) is 0 Å². The summed E-state index contributed by atoms with van der Waals surface area (Å²) in [5.74, 6) is -5.76. The van der Waals surface area contributed by atoms with E-state index in [1.165, 1.54) is 5.56 Å². The lowest BCUT2D eigenvalue weighted by molar-refractivity contribution is -0.221. The maximum atomic E-state index is 11.2. The summed E-state index contributed by atoms with van der Waals surface area (Å²) in [5, 5.41) is 0. The van der Waals surface area contributed by atoms with Crippen molar-refractivity contribution in [1.29, 1.82) is 0 Å². The molecule has 0 unspecified atom stereocenters. The number of aryl methyl sites for hydroxylation is 1. The number of anilines is 1. The summed E-state index contributed by atoms with van der Waals surface area (Å²) in [7, 11) is 0. The molecule has 2 N–H and O–H groups in total. The summed E-state index contributed by atoms with van der Waals surface area (Å²) in [5.41, 5.74) is 7.79. The molecule has 1 aromatic heterocycles. The van der Waals surface area contributed by atoms with E-state index in [2.05, 4.69) is 9.72 Å². The van der Waals surface area contributed by atoms with Crippen LogP contribution in [0.25, 0.3) is 0 Å². The van der Waals surface area contributed by atoms with Crippen LogP contribution in [0.1, 0.15) is 11.1 Å². The number of halogens is 6. The molecule has 0 saturated heterocycles. The molecule has 22 heavy (non-hydrogen) atoms. The average Bonchev–Trinajstić information content (AvgIpc) is 2.34. The van der Waals surface area contributed by atoms with E-state index in [4.69, 9.17) is 5.73 Å². The molecule has 0 amide bonds. The number of aromatic nitrogens is 1. The molecule has 0 atom stereocenters. The molecular formula is C11H10F6N2O3. The van der Waals surface area contributed by atoms with Gasteiger partial charge in [-0.2, -0.15) is 26.3 Å². The van der Waals surface area contributed by atoms with Crippen LogP contribution >= 0.6 is 0 Å². The molecule has 0 aliphatic heterocycles. The Labute approximate surface area is 120 Å². The van der Waals surface area contributed by atoms with Crippen molar-refractivity contribution in [1.82, 2.24) is 4.98 Å². The second-order valence-electron chi connectivity index (χ2n) is 3.81. The molecule has 0 radical (unpaired) electrons. The Kier molecular flexibility index (Phi) is 6.34. The summed E-state index contributed by atoms with van der Waals surface area (Å²) < 4.78 is 69.7. The third kappa shape index (κ3) is 6.41. The van der Waals surface area contributed by atoms with Gasteiger partial charge >= 0.3 is 24.3 Å². The summed E-state index contributed by atoms with van der Waals surface area (Å²) >= 11 is 0. The number of nitrogen functional groups attached to an aromatic ring is 1. The van der Waals surface area contributed by atoms with Gasteiger partial charge in [0.2, 0.25) is 0 Å². The third-order valence-corrected chi connectivity index (χ3v) is 2.16. The minimum absolute atomic E-state index is 0.634. The van der Waals surface area contributed by atoms with E-state index >= 15 is 0 Å². The number of pyridine rings is 1. The van der Waals surface area contributed by atoms with E-state index in [0.29, 0.717) is 5.82 Å². The lowest BCUT2D eigenvalue weighted by Gasteiger charge is -2.06. The monoisotopic (exact) mass is 332 g/mol. The summed E-state index contributed by atoms with van der Waals surface area (Å²) in [4.78, 5) is 23.2. The molecule has 1 aromatic rings. The fraction of sp³-hybridized carbons (Fsp3) is 0.364. The number of hydrogen-bond donors (Lipinski definition) is 1. The molecule has 0 saturated carbocycles. The van der Waals surface area contributed by atoms with E-state index in [1.54, 1.807) is 6.20 Å². The standard InChI is InChI=1S/C7H10N2.C4F6O3/c1-5-3-4-9-7(8)6(5)2;5-3(6,7)1(11)13-2(12)4(8,9)10/h3-4H,1-2H3,(H2,8,9);. The van der Waals surface area contributed by atoms with Crippen LogP contribution < -0.4 is 5.73 Å². The largest absolute Gasteiger partial charge is 0.491 e. The molecule has 0 aliphatic rings. The van der Waals surface area contributed by atoms with Gasteiger partial charge in [0.05, 0.1) is 0 Å². The number of alkyl halides is 6. The van der Waals surface area contributed by atoms with Gasteiger partial charge < -0.3 is 10.5 Å². The van der Waals surface area contributed by atoms with Crippen LogP contribution in [0.5, 0.6) is 0 Å². The van der Waals surface area contributed by atoms with E-state index in [9.17, 15) is 35.9 Å². The Morgan fingerprint density at radius 2 is 1.45 bits per heavy atom. The van der Waals surface area contributed by atoms with Crippen LogP contribution in [0.2, 0.25) is 0 Å². The van der Waals surface area contributed by atoms with Crippen molar-refractivity contribution in [2.24, 2.45) is 0 Å². The quantitative estimate of drug-likeness (QED) is 0.448. The second kappa shape index (κ2) is 7.09. The highest BCUT2D eigenvalue weighted by molar-refractivity contribution is 5.90. The fourth-order valence-corrected chi connectivity index (χ4v) is 0.853. The molecule has 0 aromatic carbocycles. The topological polar surface area (TPSA) is 82.3 Å². The predicted molar refractivity (Wildman–Crippen MR) is 61.3 cm³/mol. The first kappa shape index (κ1) is 19.7. The zero-order chi connectivity index (χ0) is 17.7. The van der Waals surface area contributed by atoms with E-state index in [-0.39, 0.29) is 0 Å². The molecule has 1 rings (SSSR count). The molecule has 1 heterocycles. The summed E-state index contributed by atoms with van der Waals surface area (Å²) in [6, 6.07) is 1.95. The van der Waals surface area contributed by atoms with Crippen molar-refractivity contribution >= 4 is 17.8 Å². The average molecular weight is 332 g/mol. The lowest BCUT2D eigenvalue weighted by Crippen LogP contribution is -2.34. The highest BCUT2D eigenvalue weighted by Crippen LogP contribution is 2.21. The van der Waals surface area contributed by atoms with E-state index < -0.39 is 24.3 Å². The Morgan fingerprint density at radius 1 is 1.05 bits per heavy atom. The molecule has 124 valence electrons. The molecular weight excluding hydrogens is 322 g/mol. The zero-order valence-corrected chi connectivity index (χ0v) is 11.2. The molecule has 0 fully saturated rings. The van der Waals surface area contributed by atoms with Gasteiger partial charge in [-0.1, -0.05) is 0 Å². The SMILES string of the molecule is Cc1ccnc(N)c1C.O=C(OC(=O)C(F)(F)F)C(F)(F)F. The smallest absolute Gasteiger partial charge is 0.383 e. The van der Waals surface area contributed by atoms with Gasteiger partial charge in [0.15, 0.2) is 0 Å². The van der Waals surface area contributed by atoms with Crippen LogP contribution in [-0.4, -0.2) is 29.3 Å². The van der Waals surface area contributed by atoms with Crippen LogP contribution in [0.3, 0.4) is 0 Å². The van der Waals surface area contributed by atoms with Gasteiger partial charge in [-0.05, 0) is 31.0 Å². The maximum absolute atomic E-state index is 11.2. The van der Waals surface area contributed by atoms with Gasteiger partial charge in [-0.3, -0.25) is 0 Å². The van der Waals surface area contributed by atoms with Crippen molar-refractivity contribution in [2.45, 2.75) is 26.2 Å². The number of ether oxygens (including phenoxy) is 1. The van der Waals surface area contributed by atoms with Gasteiger partial charge in [0.25, 0.3) is 0 Å². The minimum Gasteiger partial charge on any atom is -0.383 e. The minimum atomic E-state index is -5.62. The van der Waals surface area contributed by atoms with E-state index in [0.717, 1.165) is 5.56 Å². The molecule has 11 heteroatoms. The summed E-state index contributed by atoms with van der Waals surface area (Å²) in [6.45, 7) is 3.99. The van der Waals surface area contributed by atoms with Crippen LogP contribution in [0.15, 0.2) is 12.3 Å². The normalized spacial score (nSPS) is 11.3. The Morgan fingerprint density at radius 3 is 1.73 bits per heavy atom. The van der Waals surface area contributed by atoms with Gasteiger partial charge in [0.1, 0.15) is 5.82 Å². The van der Waals surface area contributed by atoms with Crippen LogP contribution in [-0.2, 0) is 14.3 Å². The number of esters is 2. The Balaban J connectivity index is 0.000000425. The Bertz CT molecular complexity index is 509. The van der Waals surface area contributed by atoms with Gasteiger partial charge in [-0.25, -0.2) is 14.6 Å². The van der Waals surface area contributed by atoms with Gasteiger partial charge in [-0.15, -0.1) is 0 Å². The number of carbonyl (C=O) groups is 2. The number of rotatable bonds is 0. The highest BCUT2D eigenvalue weighted by atomic mass is 19.4. The molecule has 0 aliphatic carbocycles. The molecule has 0 bridgehead atoms. The van der Waals surface area contributed by atoms with Crippen LogP contribution in [0, 0.1) is 13.8 Å². The number of hydrogen-bond acceptors (Lipinski definition) is 5. The molecule has 5 nitrogen and oxygen atoms in total. The maximum Gasteiger partial charge on any atom is 0.491 e. The van der Waals surface area contributed by atoms with Crippen molar-refractivity contribution in [2.75, 3.05) is 5.73 Å². The first-order valence-corrected chi connectivity index (χ1v) is 5.34. The number of carbonyl (C=O) groups excluding carboxylic acids is 2. The molecule has 0 spiro atoms. The third-order valence-electron chi connectivity index (χ3n) is 2.16. The highest BCUT2D eigenvalue weighted by Gasteiger charge is 2.49.